The van der Waals surface area contributed by atoms with Crippen LogP contribution in [0.15, 0.2) is 0 Å². The van der Waals surface area contributed by atoms with Crippen molar-refractivity contribution in [2.45, 2.75) is 0 Å². The van der Waals surface area contributed by atoms with Crippen molar-refractivity contribution in [3.05, 3.63) is 0 Å². The Labute approximate surface area is 66.8 Å². The minimum absolute atomic E-state index is 1.39. The number of hydrogen-bond donors (Lipinski definition) is 0. The summed E-state index contributed by atoms with van der Waals surface area (Å²) in [5.74, 6) is 0. The van der Waals surface area contributed by atoms with E-state index in [2.05, 4.69) is 55.9 Å². The highest BCUT2D eigenvalue weighted by atomic mass is 127. The molecule has 0 aliphatic carbocycles. The van der Waals surface area contributed by atoms with Crippen LogP contribution in [0.25, 0.3) is 0 Å². The second kappa shape index (κ2) is 2.64. The van der Waals surface area contributed by atoms with Crippen molar-refractivity contribution in [1.29, 1.82) is 0 Å². The van der Waals surface area contributed by atoms with E-state index in [1.54, 1.807) is 0 Å². The highest BCUT2D eigenvalue weighted by Crippen LogP contribution is 2.67. The highest BCUT2D eigenvalue weighted by molar-refractivity contribution is 14.3. The molecule has 0 atom stereocenters. The monoisotopic (exact) mass is 352 g/mol. The van der Waals surface area contributed by atoms with E-state index in [1.165, 1.54) is 0 Å². The average Bonchev–Trinajstić information content (AvgIpc) is 0.722. The molecule has 0 unspecified atom stereocenters. The van der Waals surface area contributed by atoms with Gasteiger partial charge in [0.2, 0.25) is 0 Å². The van der Waals surface area contributed by atoms with Crippen LogP contribution in [-0.2, 0) is 11.8 Å². The molecule has 32 valence electrons. The van der Waals surface area contributed by atoms with Crippen molar-refractivity contribution >= 4 is 67.8 Å². The van der Waals surface area contributed by atoms with Crippen molar-refractivity contribution in [2.75, 3.05) is 0 Å². The SMILES string of the molecule is S=P(Cl)(I)I. The topological polar surface area (TPSA) is 0 Å². The molecule has 0 radical (unpaired) electrons. The van der Waals surface area contributed by atoms with Crippen molar-refractivity contribution in [3.8, 4) is 0 Å². The van der Waals surface area contributed by atoms with Crippen LogP contribution in [0.3, 0.4) is 0 Å². The van der Waals surface area contributed by atoms with Crippen LogP contribution in [0, 0.1) is 0 Å². The summed E-state index contributed by atoms with van der Waals surface area (Å²) in [5, 5.41) is 0. The summed E-state index contributed by atoms with van der Waals surface area (Å²) in [5.41, 5.74) is 0. The maximum absolute atomic E-state index is 5.43. The summed E-state index contributed by atoms with van der Waals surface area (Å²) in [6.07, 6.45) is 0. The molecule has 0 aromatic rings. The number of hydrogen-bond acceptors (Lipinski definition) is 1. The van der Waals surface area contributed by atoms with Crippen LogP contribution in [0.1, 0.15) is 0 Å². The first kappa shape index (κ1) is 7.40. The summed E-state index contributed by atoms with van der Waals surface area (Å²) in [4.78, 5) is 0. The molecule has 0 aromatic heterocycles. The molecule has 0 saturated heterocycles. The van der Waals surface area contributed by atoms with E-state index in [4.69, 9.17) is 11.2 Å². The predicted molar refractivity (Wildman–Crippen MR) is 48.2 cm³/mol. The summed E-state index contributed by atoms with van der Waals surface area (Å²) in [6, 6.07) is 0. The third kappa shape index (κ3) is 21.5. The van der Waals surface area contributed by atoms with Gasteiger partial charge in [-0.15, -0.1) is 0 Å². The summed E-state index contributed by atoms with van der Waals surface area (Å²) in [7, 11) is 0. The van der Waals surface area contributed by atoms with E-state index in [9.17, 15) is 0 Å². The van der Waals surface area contributed by atoms with Gasteiger partial charge in [0.25, 0.3) is 0 Å². The second-order valence-corrected chi connectivity index (χ2v) is 26.5. The quantitative estimate of drug-likeness (QED) is 0.476. The van der Waals surface area contributed by atoms with Gasteiger partial charge in [-0.25, -0.2) is 0 Å². The molecule has 0 N–H and O–H groups in total. The van der Waals surface area contributed by atoms with E-state index >= 15 is 0 Å². The molecule has 0 rings (SSSR count). The van der Waals surface area contributed by atoms with Crippen molar-refractivity contribution in [1.82, 2.24) is 0 Å². The van der Waals surface area contributed by atoms with Gasteiger partial charge < -0.3 is 0 Å². The molecule has 0 saturated carbocycles. The number of rotatable bonds is 0. The first-order chi connectivity index (χ1) is 2.00. The molecule has 0 amide bonds. The zero-order valence-corrected chi connectivity index (χ0v) is 8.77. The lowest BCUT2D eigenvalue weighted by Gasteiger charge is -1.81. The van der Waals surface area contributed by atoms with Gasteiger partial charge in [0.05, 0.1) is 0 Å². The van der Waals surface area contributed by atoms with Crippen molar-refractivity contribution in [2.24, 2.45) is 0 Å². The van der Waals surface area contributed by atoms with Gasteiger partial charge in [-0.3, -0.25) is 0 Å². The zero-order valence-electron chi connectivity index (χ0n) is 1.99. The summed E-state index contributed by atoms with van der Waals surface area (Å²) < 4.78 is -1.39. The molecule has 5 heteroatoms. The van der Waals surface area contributed by atoms with Crippen LogP contribution in [0.5, 0.6) is 0 Å². The third-order valence-corrected chi connectivity index (χ3v) is 0. The van der Waals surface area contributed by atoms with Gasteiger partial charge in [-0.2, -0.15) is 0 Å². The Balaban J connectivity index is 3.47. The molecule has 0 fully saturated rings. The first-order valence-corrected chi connectivity index (χ1v) is 9.97. The second-order valence-electron chi connectivity index (χ2n) is 0.399. The summed E-state index contributed by atoms with van der Waals surface area (Å²) >= 11 is 14.2. The molecule has 0 spiro atoms. The Kier molecular flexibility index (Phi) is 3.91. The summed E-state index contributed by atoms with van der Waals surface area (Å²) in [6.45, 7) is 0. The largest absolute Gasteiger partial charge is 0.149 e. The van der Waals surface area contributed by atoms with Gasteiger partial charge in [0, 0.05) is 0 Å². The lowest BCUT2D eigenvalue weighted by molar-refractivity contribution is 5.12. The molecule has 0 aliphatic heterocycles. The Morgan fingerprint density at radius 2 is 1.60 bits per heavy atom. The normalized spacial score (nSPS) is 11.8. The van der Waals surface area contributed by atoms with E-state index in [-0.39, 0.29) is 0 Å². The van der Waals surface area contributed by atoms with Crippen LogP contribution in [0.4, 0.5) is 0 Å². The third-order valence-electron chi connectivity index (χ3n) is 0. The van der Waals surface area contributed by atoms with Crippen LogP contribution < -0.4 is 0 Å². The molecular formula is ClI2PS. The van der Waals surface area contributed by atoms with Crippen molar-refractivity contribution < 1.29 is 0 Å². The minimum Gasteiger partial charge on any atom is -0.0632 e. The Morgan fingerprint density at radius 3 is 1.60 bits per heavy atom. The lowest BCUT2D eigenvalue weighted by Crippen LogP contribution is -1.13. The Bertz CT molecular complexity index is 55.8. The first-order valence-electron chi connectivity index (χ1n) is 0.690. The van der Waals surface area contributed by atoms with Crippen molar-refractivity contribution in [3.63, 3.8) is 0 Å². The van der Waals surface area contributed by atoms with Crippen LogP contribution in [0.2, 0.25) is 0 Å². The molecule has 0 bridgehead atoms. The number of halogens is 3. The Morgan fingerprint density at radius 1 is 1.60 bits per heavy atom. The van der Waals surface area contributed by atoms with E-state index < -0.39 is 0.675 Å². The Hall–Kier alpha value is 2.40. The molecule has 0 heterocycles. The van der Waals surface area contributed by atoms with Gasteiger partial charge >= 0.3 is 0 Å². The molecule has 5 heavy (non-hydrogen) atoms. The van der Waals surface area contributed by atoms with Gasteiger partial charge in [0.15, 0.2) is 0 Å². The fourth-order valence-corrected chi connectivity index (χ4v) is 0. The van der Waals surface area contributed by atoms with Crippen LogP contribution >= 0.6 is 56.0 Å². The fraction of sp³-hybridized carbons (Fsp3) is 0. The zero-order chi connectivity index (χ0) is 4.50. The molecule has 0 aliphatic rings. The van der Waals surface area contributed by atoms with Gasteiger partial charge in [0.1, 0.15) is 0.675 Å². The average molecular weight is 352 g/mol. The standard InChI is InChI=1S/ClI2PS/c1-4(2,3)5. The fourth-order valence-electron chi connectivity index (χ4n) is 0. The van der Waals surface area contributed by atoms with Gasteiger partial charge in [-0.05, 0) is 44.1 Å². The van der Waals surface area contributed by atoms with Crippen LogP contribution in [-0.4, -0.2) is 0 Å². The van der Waals surface area contributed by atoms with E-state index in [1.807, 2.05) is 0 Å². The molecule has 0 nitrogen and oxygen atoms in total. The highest BCUT2D eigenvalue weighted by Gasteiger charge is 1.93. The maximum atomic E-state index is 5.43. The maximum Gasteiger partial charge on any atom is 0.149 e. The van der Waals surface area contributed by atoms with E-state index in [0.717, 1.165) is 0 Å². The predicted octanol–water partition coefficient (Wildman–Crippen LogP) is 3.32. The minimum atomic E-state index is -1.39. The molecule has 0 aromatic carbocycles. The molecular weight excluding hydrogens is 352 g/mol. The smallest absolute Gasteiger partial charge is 0.0632 e. The van der Waals surface area contributed by atoms with Gasteiger partial charge in [-0.1, -0.05) is 23.0 Å². The van der Waals surface area contributed by atoms with E-state index in [0.29, 0.717) is 0 Å². The lowest BCUT2D eigenvalue weighted by atomic mass is 30.4.